The minimum atomic E-state index is -5.01. The maximum absolute atomic E-state index is 13.8. The number of halogens is 6. The van der Waals surface area contributed by atoms with E-state index in [2.05, 4.69) is 15.4 Å². The van der Waals surface area contributed by atoms with Crippen LogP contribution in [0.15, 0.2) is 36.4 Å². The number of hydrogen-bond donors (Lipinski definition) is 1. The van der Waals surface area contributed by atoms with E-state index in [-0.39, 0.29) is 48.7 Å². The number of anilines is 2. The standard InChI is InChI=1S/C29H33F6N7O2/c1-16(2)44-27(43)42-23-7-4-17(3)10-22(23)25(14-24(42)19-5-6-19)40(26-37-39-41(38-26)9-8-36)15-18-11-20(28(30,31)32)13-21(12-18)29(33,34)35/h4,7,10-13,16,19,24-25H,5-6,8-9,14-15,36H2,1-3H3/t24-,25-/m0/s1. The fourth-order valence-corrected chi connectivity index (χ4v) is 5.66. The molecule has 2 heterocycles. The van der Waals surface area contributed by atoms with Crippen molar-refractivity contribution in [1.29, 1.82) is 0 Å². The van der Waals surface area contributed by atoms with E-state index in [1.807, 2.05) is 19.1 Å². The first-order valence-corrected chi connectivity index (χ1v) is 14.3. The molecule has 0 unspecified atom stereocenters. The van der Waals surface area contributed by atoms with Gasteiger partial charge in [0.2, 0.25) is 0 Å². The molecule has 15 heteroatoms. The maximum atomic E-state index is 13.8. The summed E-state index contributed by atoms with van der Waals surface area (Å²) in [5.41, 5.74) is 4.60. The first-order valence-electron chi connectivity index (χ1n) is 14.3. The average molecular weight is 626 g/mol. The van der Waals surface area contributed by atoms with Crippen LogP contribution in [-0.4, -0.2) is 45.0 Å². The van der Waals surface area contributed by atoms with Crippen molar-refractivity contribution in [3.05, 3.63) is 64.2 Å². The number of hydrogen-bond acceptors (Lipinski definition) is 7. The molecular formula is C29H33F6N7O2. The molecule has 3 aromatic rings. The molecule has 0 bridgehead atoms. The van der Waals surface area contributed by atoms with E-state index in [4.69, 9.17) is 10.5 Å². The minimum absolute atomic E-state index is 0.00892. The Morgan fingerprint density at radius 1 is 1.07 bits per heavy atom. The number of nitrogens with two attached hydrogens (primary N) is 1. The van der Waals surface area contributed by atoms with E-state index < -0.39 is 42.2 Å². The van der Waals surface area contributed by atoms with Gasteiger partial charge < -0.3 is 15.4 Å². The van der Waals surface area contributed by atoms with Crippen molar-refractivity contribution < 1.29 is 35.9 Å². The van der Waals surface area contributed by atoms with E-state index in [0.717, 1.165) is 18.4 Å². The van der Waals surface area contributed by atoms with Gasteiger partial charge in [0.25, 0.3) is 5.95 Å². The lowest BCUT2D eigenvalue weighted by Crippen LogP contribution is -2.49. The van der Waals surface area contributed by atoms with E-state index in [1.165, 1.54) is 4.80 Å². The summed E-state index contributed by atoms with van der Waals surface area (Å²) in [4.78, 5) is 17.8. The van der Waals surface area contributed by atoms with Gasteiger partial charge in [0.15, 0.2) is 0 Å². The monoisotopic (exact) mass is 625 g/mol. The maximum Gasteiger partial charge on any atom is 0.416 e. The smallest absolute Gasteiger partial charge is 0.416 e. The molecule has 2 aliphatic rings. The highest BCUT2D eigenvalue weighted by molar-refractivity contribution is 5.91. The van der Waals surface area contributed by atoms with Gasteiger partial charge in [-0.15, -0.1) is 5.10 Å². The van der Waals surface area contributed by atoms with Gasteiger partial charge in [0, 0.05) is 19.1 Å². The van der Waals surface area contributed by atoms with Gasteiger partial charge in [-0.05, 0) is 86.6 Å². The van der Waals surface area contributed by atoms with Gasteiger partial charge in [-0.2, -0.15) is 31.1 Å². The molecule has 5 rings (SSSR count). The molecule has 0 radical (unpaired) electrons. The number of carbonyl (C=O) groups is 1. The number of aromatic nitrogens is 4. The summed E-state index contributed by atoms with van der Waals surface area (Å²) in [5.74, 6) is 0.148. The zero-order chi connectivity index (χ0) is 32.0. The molecule has 238 valence electrons. The molecule has 1 aromatic heterocycles. The second-order valence-electron chi connectivity index (χ2n) is 11.5. The van der Waals surface area contributed by atoms with Crippen LogP contribution in [0.2, 0.25) is 0 Å². The van der Waals surface area contributed by atoms with Crippen LogP contribution in [0, 0.1) is 12.8 Å². The number of tetrazole rings is 1. The van der Waals surface area contributed by atoms with Crippen LogP contribution < -0.4 is 15.5 Å². The van der Waals surface area contributed by atoms with Crippen molar-refractivity contribution in [2.24, 2.45) is 11.7 Å². The number of nitrogens with zero attached hydrogens (tertiary/aromatic N) is 6. The second kappa shape index (κ2) is 11.9. The van der Waals surface area contributed by atoms with Gasteiger partial charge in [-0.3, -0.25) is 4.90 Å². The highest BCUT2D eigenvalue weighted by Crippen LogP contribution is 2.49. The topological polar surface area (TPSA) is 102 Å². The fraction of sp³-hybridized carbons (Fsp3) is 0.517. The Hall–Kier alpha value is -3.88. The number of rotatable bonds is 8. The Morgan fingerprint density at radius 3 is 2.30 bits per heavy atom. The van der Waals surface area contributed by atoms with E-state index in [1.54, 1.807) is 29.7 Å². The third-order valence-corrected chi connectivity index (χ3v) is 7.70. The summed E-state index contributed by atoms with van der Waals surface area (Å²) < 4.78 is 88.1. The summed E-state index contributed by atoms with van der Waals surface area (Å²) >= 11 is 0. The van der Waals surface area contributed by atoms with Crippen LogP contribution in [-0.2, 0) is 30.2 Å². The zero-order valence-corrected chi connectivity index (χ0v) is 24.4. The molecule has 1 amide bonds. The minimum Gasteiger partial charge on any atom is -0.446 e. The number of alkyl halides is 6. The molecule has 0 saturated heterocycles. The van der Waals surface area contributed by atoms with E-state index in [0.29, 0.717) is 29.8 Å². The van der Waals surface area contributed by atoms with Crippen LogP contribution >= 0.6 is 0 Å². The van der Waals surface area contributed by atoms with Crippen molar-refractivity contribution >= 4 is 17.7 Å². The van der Waals surface area contributed by atoms with Gasteiger partial charge in [0.05, 0.1) is 35.5 Å². The summed E-state index contributed by atoms with van der Waals surface area (Å²) in [6.45, 7) is 5.32. The van der Waals surface area contributed by atoms with Gasteiger partial charge in [-0.1, -0.05) is 22.8 Å². The number of aryl methyl sites for hydroxylation is 1. The summed E-state index contributed by atoms with van der Waals surface area (Å²) in [7, 11) is 0. The number of ether oxygens (including phenoxy) is 1. The molecule has 1 aliphatic carbocycles. The Balaban J connectivity index is 1.66. The van der Waals surface area contributed by atoms with Gasteiger partial charge in [0.1, 0.15) is 0 Å². The molecule has 2 aromatic carbocycles. The predicted molar refractivity (Wildman–Crippen MR) is 149 cm³/mol. The van der Waals surface area contributed by atoms with E-state index >= 15 is 0 Å². The number of fused-ring (bicyclic) bond motifs is 1. The molecule has 1 fully saturated rings. The molecule has 44 heavy (non-hydrogen) atoms. The highest BCUT2D eigenvalue weighted by Gasteiger charge is 2.47. The first-order chi connectivity index (χ1) is 20.7. The van der Waals surface area contributed by atoms with Crippen LogP contribution in [0.5, 0.6) is 0 Å². The normalized spacial score (nSPS) is 18.8. The zero-order valence-electron chi connectivity index (χ0n) is 24.4. The van der Waals surface area contributed by atoms with Crippen LogP contribution in [0.1, 0.15) is 67.0 Å². The summed E-state index contributed by atoms with van der Waals surface area (Å²) in [5, 5.41) is 12.5. The molecule has 9 nitrogen and oxygen atoms in total. The lowest BCUT2D eigenvalue weighted by molar-refractivity contribution is -0.143. The van der Waals surface area contributed by atoms with Crippen LogP contribution in [0.4, 0.5) is 42.8 Å². The molecular weight excluding hydrogens is 592 g/mol. The third-order valence-electron chi connectivity index (χ3n) is 7.70. The van der Waals surface area contributed by atoms with Gasteiger partial charge >= 0.3 is 18.4 Å². The average Bonchev–Trinajstić information content (AvgIpc) is 3.68. The van der Waals surface area contributed by atoms with Crippen LogP contribution in [0.25, 0.3) is 0 Å². The van der Waals surface area contributed by atoms with Crippen molar-refractivity contribution in [2.45, 2.75) is 83.7 Å². The number of amides is 1. The quantitative estimate of drug-likeness (QED) is 0.295. The largest absolute Gasteiger partial charge is 0.446 e. The summed E-state index contributed by atoms with van der Waals surface area (Å²) in [6, 6.07) is 6.02. The molecule has 1 saturated carbocycles. The van der Waals surface area contributed by atoms with Crippen molar-refractivity contribution in [3.63, 3.8) is 0 Å². The highest BCUT2D eigenvalue weighted by atomic mass is 19.4. The Morgan fingerprint density at radius 2 is 1.73 bits per heavy atom. The Kier molecular flexibility index (Phi) is 8.53. The Labute approximate surface area is 249 Å². The molecule has 0 spiro atoms. The molecule has 2 atom stereocenters. The lowest BCUT2D eigenvalue weighted by atomic mass is 9.87. The van der Waals surface area contributed by atoms with E-state index in [9.17, 15) is 31.1 Å². The summed E-state index contributed by atoms with van der Waals surface area (Å²) in [6.07, 6.45) is -8.89. The Bertz CT molecular complexity index is 1470. The fourth-order valence-electron chi connectivity index (χ4n) is 5.66. The number of benzene rings is 2. The molecule has 2 N–H and O–H groups in total. The van der Waals surface area contributed by atoms with Crippen LogP contribution in [0.3, 0.4) is 0 Å². The molecule has 1 aliphatic heterocycles. The first kappa shape index (κ1) is 31.5. The van der Waals surface area contributed by atoms with Crippen molar-refractivity contribution in [2.75, 3.05) is 16.3 Å². The lowest BCUT2D eigenvalue weighted by Gasteiger charge is -2.44. The van der Waals surface area contributed by atoms with Gasteiger partial charge in [-0.25, -0.2) is 4.79 Å². The number of carbonyl (C=O) groups excluding carboxylic acids is 1. The van der Waals surface area contributed by atoms with Crippen molar-refractivity contribution in [3.8, 4) is 0 Å². The third kappa shape index (κ3) is 6.76. The van der Waals surface area contributed by atoms with Crippen molar-refractivity contribution in [1.82, 2.24) is 20.2 Å². The predicted octanol–water partition coefficient (Wildman–Crippen LogP) is 6.26. The second-order valence-corrected chi connectivity index (χ2v) is 11.5. The SMILES string of the molecule is Cc1ccc2c(c1)[C@@H](N(Cc1cc(C(F)(F)F)cc(C(F)(F)F)c1)c1nnn(CCN)n1)C[C@@H](C1CC1)N2C(=O)OC(C)C.